The number of nitro groups is 1. The highest BCUT2D eigenvalue weighted by Gasteiger charge is 2.38. The van der Waals surface area contributed by atoms with Crippen molar-refractivity contribution < 1.29 is 23.7 Å². The molecule has 0 unspecified atom stereocenters. The lowest BCUT2D eigenvalue weighted by atomic mass is 10.1. The molecule has 9 heteroatoms. The van der Waals surface area contributed by atoms with Crippen LogP contribution in [0.2, 0.25) is 0 Å². The highest BCUT2D eigenvalue weighted by Crippen LogP contribution is 2.31. The van der Waals surface area contributed by atoms with E-state index < -0.39 is 22.8 Å². The van der Waals surface area contributed by atoms with Crippen molar-refractivity contribution in [2.45, 2.75) is 6.92 Å². The number of benzene rings is 1. The smallest absolute Gasteiger partial charge is 0.333 e. The number of furan rings is 1. The van der Waals surface area contributed by atoms with E-state index in [1.54, 1.807) is 25.1 Å². The standard InChI is InChI=1S/C18H15N3O6/c1-10-12(5-4-6-14(10)21(25)26)15-8-7-11(27-15)9-13-16(22)19(2)18(24)20(3)17(13)23/h4-9H,1-3H3. The first-order valence-electron chi connectivity index (χ1n) is 7.88. The number of likely N-dealkylation sites (N-methyl/N-ethyl adjacent to an activating group) is 2. The van der Waals surface area contributed by atoms with Gasteiger partial charge in [-0.2, -0.15) is 0 Å². The molecule has 3 rings (SSSR count). The van der Waals surface area contributed by atoms with Crippen LogP contribution in [0.5, 0.6) is 0 Å². The average molecular weight is 369 g/mol. The topological polar surface area (TPSA) is 114 Å². The van der Waals surface area contributed by atoms with E-state index in [4.69, 9.17) is 4.42 Å². The summed E-state index contributed by atoms with van der Waals surface area (Å²) in [5.41, 5.74) is 0.713. The van der Waals surface area contributed by atoms with Gasteiger partial charge in [0, 0.05) is 31.3 Å². The molecule has 0 bridgehead atoms. The molecule has 138 valence electrons. The van der Waals surface area contributed by atoms with Crippen LogP contribution in [0.4, 0.5) is 10.5 Å². The van der Waals surface area contributed by atoms with Crippen LogP contribution in [0.1, 0.15) is 11.3 Å². The summed E-state index contributed by atoms with van der Waals surface area (Å²) in [6, 6.07) is 7.04. The fraction of sp³-hybridized carbons (Fsp3) is 0.167. The number of amides is 4. The fourth-order valence-corrected chi connectivity index (χ4v) is 2.78. The molecular formula is C18H15N3O6. The third kappa shape index (κ3) is 2.99. The van der Waals surface area contributed by atoms with E-state index in [0.717, 1.165) is 9.80 Å². The van der Waals surface area contributed by atoms with Gasteiger partial charge in [-0.05, 0) is 25.1 Å². The minimum atomic E-state index is -0.729. The van der Waals surface area contributed by atoms with Gasteiger partial charge in [0.05, 0.1) is 4.92 Å². The second-order valence-electron chi connectivity index (χ2n) is 5.98. The highest BCUT2D eigenvalue weighted by atomic mass is 16.6. The van der Waals surface area contributed by atoms with Crippen LogP contribution in [-0.2, 0) is 9.59 Å². The van der Waals surface area contributed by atoms with Gasteiger partial charge in [0.15, 0.2) is 0 Å². The van der Waals surface area contributed by atoms with Crippen molar-refractivity contribution in [3.8, 4) is 11.3 Å². The Morgan fingerprint density at radius 1 is 1.04 bits per heavy atom. The van der Waals surface area contributed by atoms with Crippen molar-refractivity contribution in [1.82, 2.24) is 9.80 Å². The summed E-state index contributed by atoms with van der Waals surface area (Å²) < 4.78 is 5.66. The summed E-state index contributed by atoms with van der Waals surface area (Å²) in [6.45, 7) is 1.61. The first-order valence-corrected chi connectivity index (χ1v) is 7.88. The van der Waals surface area contributed by atoms with Crippen LogP contribution in [0.25, 0.3) is 17.4 Å². The van der Waals surface area contributed by atoms with Gasteiger partial charge in [-0.1, -0.05) is 12.1 Å². The molecule has 0 spiro atoms. The van der Waals surface area contributed by atoms with Crippen LogP contribution < -0.4 is 0 Å². The molecule has 1 aromatic carbocycles. The second kappa shape index (κ2) is 6.52. The molecule has 0 atom stereocenters. The van der Waals surface area contributed by atoms with Crippen molar-refractivity contribution in [3.63, 3.8) is 0 Å². The summed E-state index contributed by atoms with van der Waals surface area (Å²) >= 11 is 0. The Bertz CT molecular complexity index is 994. The van der Waals surface area contributed by atoms with E-state index in [9.17, 15) is 24.5 Å². The Balaban J connectivity index is 2.00. The molecule has 0 saturated carbocycles. The number of barbiturate groups is 1. The SMILES string of the molecule is Cc1c(-c2ccc(C=C3C(=O)N(C)C(=O)N(C)C3=O)o2)cccc1[N+](=O)[O-]. The van der Waals surface area contributed by atoms with Gasteiger partial charge in [-0.15, -0.1) is 0 Å². The Morgan fingerprint density at radius 2 is 1.67 bits per heavy atom. The fourth-order valence-electron chi connectivity index (χ4n) is 2.78. The number of urea groups is 1. The monoisotopic (exact) mass is 369 g/mol. The molecule has 1 aliphatic rings. The molecule has 0 radical (unpaired) electrons. The first-order chi connectivity index (χ1) is 12.7. The third-order valence-corrected chi connectivity index (χ3v) is 4.32. The van der Waals surface area contributed by atoms with Gasteiger partial charge < -0.3 is 4.42 Å². The van der Waals surface area contributed by atoms with Crippen molar-refractivity contribution in [2.24, 2.45) is 0 Å². The van der Waals surface area contributed by atoms with Crippen LogP contribution in [0.3, 0.4) is 0 Å². The van der Waals surface area contributed by atoms with Crippen molar-refractivity contribution in [2.75, 3.05) is 14.1 Å². The Labute approximate surface area is 153 Å². The van der Waals surface area contributed by atoms with Crippen molar-refractivity contribution in [3.05, 3.63) is 57.3 Å². The van der Waals surface area contributed by atoms with Crippen LogP contribution in [-0.4, -0.2) is 46.7 Å². The van der Waals surface area contributed by atoms with Crippen molar-refractivity contribution in [1.29, 1.82) is 0 Å². The van der Waals surface area contributed by atoms with Gasteiger partial charge in [-0.3, -0.25) is 29.5 Å². The lowest BCUT2D eigenvalue weighted by molar-refractivity contribution is -0.385. The molecule has 2 heterocycles. The summed E-state index contributed by atoms with van der Waals surface area (Å²) in [5, 5.41) is 11.1. The molecule has 1 aromatic heterocycles. The number of carbonyl (C=O) groups excluding carboxylic acids is 3. The van der Waals surface area contributed by atoms with Crippen molar-refractivity contribution >= 4 is 29.6 Å². The zero-order chi connectivity index (χ0) is 19.9. The van der Waals surface area contributed by atoms with E-state index >= 15 is 0 Å². The third-order valence-electron chi connectivity index (χ3n) is 4.32. The maximum Gasteiger partial charge on any atom is 0.333 e. The van der Waals surface area contributed by atoms with Gasteiger partial charge >= 0.3 is 6.03 Å². The zero-order valence-corrected chi connectivity index (χ0v) is 14.8. The lowest BCUT2D eigenvalue weighted by Gasteiger charge is -2.28. The average Bonchev–Trinajstić information content (AvgIpc) is 3.10. The number of hydrogen-bond acceptors (Lipinski definition) is 6. The maximum absolute atomic E-state index is 12.2. The largest absolute Gasteiger partial charge is 0.457 e. The van der Waals surface area contributed by atoms with E-state index in [1.165, 1.54) is 32.3 Å². The quantitative estimate of drug-likeness (QED) is 0.355. The summed E-state index contributed by atoms with van der Waals surface area (Å²) in [4.78, 5) is 48.5. The maximum atomic E-state index is 12.2. The van der Waals surface area contributed by atoms with Gasteiger partial charge in [0.25, 0.3) is 17.5 Å². The van der Waals surface area contributed by atoms with E-state index in [-0.39, 0.29) is 17.0 Å². The molecule has 0 N–H and O–H groups in total. The molecule has 27 heavy (non-hydrogen) atoms. The number of carbonyl (C=O) groups is 3. The number of imide groups is 2. The Kier molecular flexibility index (Phi) is 4.36. The van der Waals surface area contributed by atoms with Crippen LogP contribution in [0, 0.1) is 17.0 Å². The molecular weight excluding hydrogens is 354 g/mol. The van der Waals surface area contributed by atoms with E-state index in [2.05, 4.69) is 0 Å². The zero-order valence-electron chi connectivity index (χ0n) is 14.8. The van der Waals surface area contributed by atoms with E-state index in [1.807, 2.05) is 0 Å². The molecule has 1 fully saturated rings. The minimum absolute atomic E-state index is 0.0387. The second-order valence-corrected chi connectivity index (χ2v) is 5.98. The number of rotatable bonds is 3. The predicted molar refractivity (Wildman–Crippen MR) is 94.4 cm³/mol. The molecule has 2 aromatic rings. The lowest BCUT2D eigenvalue weighted by Crippen LogP contribution is -2.52. The van der Waals surface area contributed by atoms with Gasteiger partial charge in [0.2, 0.25) is 0 Å². The molecule has 0 aliphatic carbocycles. The minimum Gasteiger partial charge on any atom is -0.457 e. The highest BCUT2D eigenvalue weighted by molar-refractivity contribution is 6.30. The first kappa shape index (κ1) is 18.1. The van der Waals surface area contributed by atoms with E-state index in [0.29, 0.717) is 16.9 Å². The van der Waals surface area contributed by atoms with Crippen LogP contribution in [0.15, 0.2) is 40.3 Å². The molecule has 1 aliphatic heterocycles. The van der Waals surface area contributed by atoms with Gasteiger partial charge in [-0.25, -0.2) is 4.79 Å². The van der Waals surface area contributed by atoms with Crippen LogP contribution >= 0.6 is 0 Å². The predicted octanol–water partition coefficient (Wildman–Crippen LogP) is 2.60. The normalized spacial score (nSPS) is 14.8. The summed E-state index contributed by atoms with van der Waals surface area (Å²) in [6.07, 6.45) is 1.25. The number of nitro benzene ring substituents is 1. The Hall–Kier alpha value is -3.75. The number of hydrogen-bond donors (Lipinski definition) is 0. The summed E-state index contributed by atoms with van der Waals surface area (Å²) in [5.74, 6) is -0.888. The molecule has 9 nitrogen and oxygen atoms in total. The van der Waals surface area contributed by atoms with Gasteiger partial charge in [0.1, 0.15) is 17.1 Å². The number of nitrogens with zero attached hydrogens (tertiary/aromatic N) is 3. The Morgan fingerprint density at radius 3 is 2.26 bits per heavy atom. The molecule has 1 saturated heterocycles. The summed E-state index contributed by atoms with van der Waals surface area (Å²) in [7, 11) is 2.56. The molecule has 4 amide bonds.